The van der Waals surface area contributed by atoms with Crippen LogP contribution in [0.25, 0.3) is 0 Å². The topological polar surface area (TPSA) is 59.6 Å². The second-order valence-electron chi connectivity index (χ2n) is 3.31. The summed E-state index contributed by atoms with van der Waals surface area (Å²) in [5, 5.41) is 18.1. The first-order chi connectivity index (χ1) is 6.81. The molecule has 0 saturated carbocycles. The van der Waals surface area contributed by atoms with Crippen molar-refractivity contribution in [2.75, 3.05) is 26.0 Å². The Morgan fingerprint density at radius 2 is 2.57 bits per heavy atom. The largest absolute Gasteiger partial charge is 0.396 e. The fourth-order valence-corrected chi connectivity index (χ4v) is 2.27. The van der Waals surface area contributed by atoms with Crippen LogP contribution in [-0.4, -0.2) is 41.1 Å². The summed E-state index contributed by atoms with van der Waals surface area (Å²) in [5.41, 5.74) is 0. The second kappa shape index (κ2) is 5.89. The number of hydrogen-bond acceptors (Lipinski definition) is 4. The van der Waals surface area contributed by atoms with E-state index in [4.69, 9.17) is 10.4 Å². The van der Waals surface area contributed by atoms with E-state index in [0.717, 1.165) is 31.1 Å². The summed E-state index contributed by atoms with van der Waals surface area (Å²) in [5.74, 6) is 0.552. The molecule has 1 aliphatic heterocycles. The van der Waals surface area contributed by atoms with Crippen molar-refractivity contribution in [1.29, 1.82) is 5.26 Å². The summed E-state index contributed by atoms with van der Waals surface area (Å²) < 4.78 is 0. The van der Waals surface area contributed by atoms with Gasteiger partial charge in [0.1, 0.15) is 0 Å². The molecule has 0 aliphatic carbocycles. The predicted octanol–water partition coefficient (Wildman–Crippen LogP) is 0.891. The van der Waals surface area contributed by atoms with Gasteiger partial charge >= 0.3 is 0 Å². The molecule has 1 atom stereocenters. The van der Waals surface area contributed by atoms with E-state index in [1.165, 1.54) is 11.8 Å². The van der Waals surface area contributed by atoms with E-state index in [-0.39, 0.29) is 6.61 Å². The van der Waals surface area contributed by atoms with Crippen molar-refractivity contribution in [1.82, 2.24) is 4.90 Å². The van der Waals surface area contributed by atoms with Crippen LogP contribution in [0.3, 0.4) is 0 Å². The summed E-state index contributed by atoms with van der Waals surface area (Å²) in [6.45, 7) is 2.12. The van der Waals surface area contributed by atoms with Crippen LogP contribution in [0.4, 0.5) is 0 Å². The number of aliphatic hydroxyl groups is 1. The Balaban J connectivity index is 2.48. The van der Waals surface area contributed by atoms with Gasteiger partial charge in [-0.25, -0.2) is 0 Å². The molecular weight excluding hydrogens is 198 g/mol. The van der Waals surface area contributed by atoms with E-state index in [9.17, 15) is 0 Å². The van der Waals surface area contributed by atoms with E-state index >= 15 is 0 Å². The predicted molar refractivity (Wildman–Crippen MR) is 57.9 cm³/mol. The normalized spacial score (nSPS) is 22.5. The van der Waals surface area contributed by atoms with Crippen LogP contribution in [0, 0.1) is 17.4 Å². The third-order valence-electron chi connectivity index (χ3n) is 2.42. The summed E-state index contributed by atoms with van der Waals surface area (Å²) in [7, 11) is 0. The number of aliphatic hydroxyl groups excluding tert-OH is 1. The summed E-state index contributed by atoms with van der Waals surface area (Å²) >= 11 is 1.50. The van der Waals surface area contributed by atoms with Crippen molar-refractivity contribution in [3.8, 4) is 6.19 Å². The summed E-state index contributed by atoms with van der Waals surface area (Å²) in [4.78, 5) is 5.89. The Hall–Kier alpha value is -0.730. The monoisotopic (exact) mass is 213 g/mol. The van der Waals surface area contributed by atoms with E-state index in [1.54, 1.807) is 0 Å². The van der Waals surface area contributed by atoms with Crippen LogP contribution in [0.2, 0.25) is 0 Å². The first kappa shape index (κ1) is 11.3. The number of rotatable bonds is 2. The second-order valence-corrected chi connectivity index (χ2v) is 4.08. The van der Waals surface area contributed by atoms with Gasteiger partial charge in [0.05, 0.1) is 0 Å². The molecule has 1 heterocycles. The van der Waals surface area contributed by atoms with Crippen molar-refractivity contribution in [2.45, 2.75) is 12.8 Å². The Morgan fingerprint density at radius 1 is 1.79 bits per heavy atom. The van der Waals surface area contributed by atoms with Crippen LogP contribution in [0.1, 0.15) is 12.8 Å². The first-order valence-corrected chi connectivity index (χ1v) is 5.90. The molecule has 0 amide bonds. The standard InChI is InChI=1S/C9H15N3OS/c1-14-9(11-7-10)12-4-2-8(6-12)3-5-13/h8,13H,2-6H2,1H3. The molecule has 14 heavy (non-hydrogen) atoms. The molecule has 0 aromatic heterocycles. The summed E-state index contributed by atoms with van der Waals surface area (Å²) in [6, 6.07) is 0. The van der Waals surface area contributed by atoms with Crippen molar-refractivity contribution in [3.05, 3.63) is 0 Å². The molecule has 0 aromatic carbocycles. The lowest BCUT2D eigenvalue weighted by Gasteiger charge is -2.17. The summed E-state index contributed by atoms with van der Waals surface area (Å²) in [6.07, 6.45) is 5.69. The smallest absolute Gasteiger partial charge is 0.208 e. The number of hydrogen-bond donors (Lipinski definition) is 1. The van der Waals surface area contributed by atoms with E-state index in [1.807, 2.05) is 12.4 Å². The fraction of sp³-hybridized carbons (Fsp3) is 0.778. The van der Waals surface area contributed by atoms with Gasteiger partial charge in [-0.15, -0.1) is 4.99 Å². The molecular formula is C9H15N3OS. The van der Waals surface area contributed by atoms with Gasteiger partial charge < -0.3 is 10.0 Å². The maximum absolute atomic E-state index is 8.81. The third-order valence-corrected chi connectivity index (χ3v) is 3.14. The average molecular weight is 213 g/mol. The zero-order valence-corrected chi connectivity index (χ0v) is 9.13. The molecule has 78 valence electrons. The van der Waals surface area contributed by atoms with E-state index in [0.29, 0.717) is 5.92 Å². The van der Waals surface area contributed by atoms with Crippen molar-refractivity contribution < 1.29 is 5.11 Å². The van der Waals surface area contributed by atoms with Gasteiger partial charge in [-0.2, -0.15) is 5.26 Å². The lowest BCUT2D eigenvalue weighted by Crippen LogP contribution is -2.26. The van der Waals surface area contributed by atoms with Gasteiger partial charge in [-0.05, 0) is 25.0 Å². The van der Waals surface area contributed by atoms with Gasteiger partial charge in [-0.3, -0.25) is 0 Å². The lowest BCUT2D eigenvalue weighted by atomic mass is 10.1. The molecule has 0 aromatic rings. The Morgan fingerprint density at radius 3 is 3.14 bits per heavy atom. The number of amidine groups is 1. The van der Waals surface area contributed by atoms with Gasteiger partial charge in [0.2, 0.25) is 6.19 Å². The van der Waals surface area contributed by atoms with Crippen LogP contribution < -0.4 is 0 Å². The molecule has 1 aliphatic rings. The highest BCUT2D eigenvalue weighted by molar-refractivity contribution is 8.13. The van der Waals surface area contributed by atoms with Crippen LogP contribution >= 0.6 is 11.8 Å². The minimum Gasteiger partial charge on any atom is -0.396 e. The Kier molecular flexibility index (Phi) is 4.77. The average Bonchev–Trinajstić information content (AvgIpc) is 2.63. The SMILES string of the molecule is CSC(=NC#N)N1CCC(CCO)C1. The molecule has 1 saturated heterocycles. The Bertz CT molecular complexity index is 249. The molecule has 5 heteroatoms. The fourth-order valence-electron chi connectivity index (χ4n) is 1.71. The van der Waals surface area contributed by atoms with Gasteiger partial charge in [0, 0.05) is 19.7 Å². The molecule has 1 fully saturated rings. The zero-order chi connectivity index (χ0) is 10.4. The van der Waals surface area contributed by atoms with E-state index < -0.39 is 0 Å². The molecule has 1 unspecified atom stereocenters. The van der Waals surface area contributed by atoms with Gasteiger partial charge in [0.15, 0.2) is 5.17 Å². The van der Waals surface area contributed by atoms with Gasteiger partial charge in [-0.1, -0.05) is 11.8 Å². The maximum atomic E-state index is 8.81. The van der Waals surface area contributed by atoms with Crippen molar-refractivity contribution in [2.24, 2.45) is 10.9 Å². The van der Waals surface area contributed by atoms with E-state index in [2.05, 4.69) is 9.89 Å². The maximum Gasteiger partial charge on any atom is 0.208 e. The molecule has 4 nitrogen and oxygen atoms in total. The van der Waals surface area contributed by atoms with Crippen LogP contribution in [-0.2, 0) is 0 Å². The van der Waals surface area contributed by atoms with Crippen molar-refractivity contribution >= 4 is 16.9 Å². The minimum absolute atomic E-state index is 0.252. The highest BCUT2D eigenvalue weighted by Gasteiger charge is 2.24. The number of nitrogens with zero attached hydrogens (tertiary/aromatic N) is 3. The number of nitriles is 1. The highest BCUT2D eigenvalue weighted by atomic mass is 32.2. The molecule has 1 N–H and O–H groups in total. The third kappa shape index (κ3) is 2.89. The molecule has 1 rings (SSSR count). The first-order valence-electron chi connectivity index (χ1n) is 4.68. The minimum atomic E-state index is 0.252. The molecule has 0 spiro atoms. The number of aliphatic imine (C=N–C) groups is 1. The van der Waals surface area contributed by atoms with Crippen LogP contribution in [0.15, 0.2) is 4.99 Å². The lowest BCUT2D eigenvalue weighted by molar-refractivity contribution is 0.259. The quantitative estimate of drug-likeness (QED) is 0.420. The number of thioether (sulfide) groups is 1. The van der Waals surface area contributed by atoms with Crippen molar-refractivity contribution in [3.63, 3.8) is 0 Å². The molecule has 0 bridgehead atoms. The number of likely N-dealkylation sites (tertiary alicyclic amines) is 1. The molecule has 0 radical (unpaired) electrons. The van der Waals surface area contributed by atoms with Gasteiger partial charge in [0.25, 0.3) is 0 Å². The van der Waals surface area contributed by atoms with Crippen LogP contribution in [0.5, 0.6) is 0 Å². The Labute approximate surface area is 88.6 Å². The zero-order valence-electron chi connectivity index (χ0n) is 8.31. The highest BCUT2D eigenvalue weighted by Crippen LogP contribution is 2.21.